The first-order chi connectivity index (χ1) is 8.66. The van der Waals surface area contributed by atoms with Crippen LogP contribution in [0.5, 0.6) is 5.75 Å². The predicted molar refractivity (Wildman–Crippen MR) is 69.9 cm³/mol. The number of carbonyl (C=O) groups is 1. The van der Waals surface area contributed by atoms with Gasteiger partial charge in [0.2, 0.25) is 0 Å². The molecule has 0 heterocycles. The number of anilines is 1. The van der Waals surface area contributed by atoms with Gasteiger partial charge in [0.25, 0.3) is 0 Å². The van der Waals surface area contributed by atoms with Crippen molar-refractivity contribution in [2.24, 2.45) is 5.92 Å². The van der Waals surface area contributed by atoms with Gasteiger partial charge in [-0.15, -0.1) is 0 Å². The maximum atomic E-state index is 10.8. The van der Waals surface area contributed by atoms with Gasteiger partial charge in [-0.25, -0.2) is 4.79 Å². The minimum Gasteiger partial charge on any atom is -0.491 e. The SMILES string of the molecule is Nc1cc(C(=O)O)ccc1OCC1CCCCC1. The molecule has 0 atom stereocenters. The first kappa shape index (κ1) is 12.7. The van der Waals surface area contributed by atoms with Gasteiger partial charge < -0.3 is 15.6 Å². The third kappa shape index (κ3) is 3.15. The number of carboxylic acids is 1. The van der Waals surface area contributed by atoms with Gasteiger partial charge in [0.15, 0.2) is 0 Å². The van der Waals surface area contributed by atoms with Crippen molar-refractivity contribution < 1.29 is 14.6 Å². The summed E-state index contributed by atoms with van der Waals surface area (Å²) in [6.07, 6.45) is 6.31. The summed E-state index contributed by atoms with van der Waals surface area (Å²) in [5.41, 5.74) is 6.37. The normalized spacial score (nSPS) is 16.4. The summed E-state index contributed by atoms with van der Waals surface area (Å²) in [4.78, 5) is 10.8. The van der Waals surface area contributed by atoms with Gasteiger partial charge in [-0.3, -0.25) is 0 Å². The summed E-state index contributed by atoms with van der Waals surface area (Å²) < 4.78 is 5.69. The fraction of sp³-hybridized carbons (Fsp3) is 0.500. The van der Waals surface area contributed by atoms with Gasteiger partial charge in [0.05, 0.1) is 17.9 Å². The molecule has 3 N–H and O–H groups in total. The number of hydrogen-bond donors (Lipinski definition) is 2. The highest BCUT2D eigenvalue weighted by Crippen LogP contribution is 2.27. The van der Waals surface area contributed by atoms with E-state index in [1.807, 2.05) is 0 Å². The molecule has 1 saturated carbocycles. The zero-order valence-corrected chi connectivity index (χ0v) is 10.4. The quantitative estimate of drug-likeness (QED) is 0.805. The molecule has 1 aromatic rings. The topological polar surface area (TPSA) is 72.6 Å². The van der Waals surface area contributed by atoms with E-state index in [-0.39, 0.29) is 5.56 Å². The number of hydrogen-bond acceptors (Lipinski definition) is 3. The van der Waals surface area contributed by atoms with Crippen LogP contribution in [0, 0.1) is 5.92 Å². The molecule has 4 nitrogen and oxygen atoms in total. The number of rotatable bonds is 4. The van der Waals surface area contributed by atoms with Crippen molar-refractivity contribution in [3.8, 4) is 5.75 Å². The molecule has 0 bridgehead atoms. The summed E-state index contributed by atoms with van der Waals surface area (Å²) in [7, 11) is 0. The van der Waals surface area contributed by atoms with E-state index < -0.39 is 5.97 Å². The largest absolute Gasteiger partial charge is 0.491 e. The van der Waals surface area contributed by atoms with Gasteiger partial charge in [0.1, 0.15) is 5.75 Å². The molecule has 0 unspecified atom stereocenters. The lowest BCUT2D eigenvalue weighted by Crippen LogP contribution is -2.15. The molecule has 4 heteroatoms. The van der Waals surface area contributed by atoms with Crippen molar-refractivity contribution in [1.82, 2.24) is 0 Å². The van der Waals surface area contributed by atoms with Crippen molar-refractivity contribution in [2.75, 3.05) is 12.3 Å². The average Bonchev–Trinajstić information content (AvgIpc) is 2.38. The van der Waals surface area contributed by atoms with Gasteiger partial charge >= 0.3 is 5.97 Å². The van der Waals surface area contributed by atoms with E-state index in [4.69, 9.17) is 15.6 Å². The van der Waals surface area contributed by atoms with Crippen LogP contribution in [0.4, 0.5) is 5.69 Å². The molecule has 98 valence electrons. The van der Waals surface area contributed by atoms with Crippen LogP contribution in [0.25, 0.3) is 0 Å². The van der Waals surface area contributed by atoms with Crippen LogP contribution in [0.2, 0.25) is 0 Å². The Bertz CT molecular complexity index is 425. The first-order valence-corrected chi connectivity index (χ1v) is 6.42. The molecule has 2 rings (SSSR count). The highest BCUT2D eigenvalue weighted by atomic mass is 16.5. The molecule has 18 heavy (non-hydrogen) atoms. The van der Waals surface area contributed by atoms with E-state index in [0.717, 1.165) is 0 Å². The Labute approximate surface area is 107 Å². The third-order valence-corrected chi connectivity index (χ3v) is 3.46. The van der Waals surface area contributed by atoms with Crippen LogP contribution in [0.1, 0.15) is 42.5 Å². The molecule has 1 aromatic carbocycles. The lowest BCUT2D eigenvalue weighted by Gasteiger charge is -2.22. The Morgan fingerprint density at radius 2 is 2.06 bits per heavy atom. The van der Waals surface area contributed by atoms with E-state index in [1.54, 1.807) is 6.07 Å². The highest BCUT2D eigenvalue weighted by Gasteiger charge is 2.15. The number of carboxylic acid groups (broad SMARTS) is 1. The number of ether oxygens (including phenoxy) is 1. The predicted octanol–water partition coefficient (Wildman–Crippen LogP) is 2.93. The van der Waals surface area contributed by atoms with Crippen molar-refractivity contribution in [3.63, 3.8) is 0 Å². The summed E-state index contributed by atoms with van der Waals surface area (Å²) >= 11 is 0. The van der Waals surface area contributed by atoms with Gasteiger partial charge in [-0.05, 0) is 37.0 Å². The standard InChI is InChI=1S/C14H19NO3/c15-12-8-11(14(16)17)6-7-13(12)18-9-10-4-2-1-3-5-10/h6-8,10H,1-5,9,15H2,(H,16,17). The van der Waals surface area contributed by atoms with E-state index in [2.05, 4.69) is 0 Å². The highest BCUT2D eigenvalue weighted by molar-refractivity contribution is 5.89. The zero-order valence-electron chi connectivity index (χ0n) is 10.4. The van der Waals surface area contributed by atoms with Crippen LogP contribution in [0.15, 0.2) is 18.2 Å². The van der Waals surface area contributed by atoms with Crippen molar-refractivity contribution >= 4 is 11.7 Å². The molecule has 0 amide bonds. The second-order valence-corrected chi connectivity index (χ2v) is 4.87. The second kappa shape index (κ2) is 5.76. The Morgan fingerprint density at radius 1 is 1.33 bits per heavy atom. The van der Waals surface area contributed by atoms with Crippen LogP contribution < -0.4 is 10.5 Å². The molecule has 1 aliphatic carbocycles. The molecule has 0 saturated heterocycles. The monoisotopic (exact) mass is 249 g/mol. The van der Waals surface area contributed by atoms with Crippen LogP contribution in [-0.4, -0.2) is 17.7 Å². The molecule has 0 radical (unpaired) electrons. The summed E-state index contributed by atoms with van der Waals surface area (Å²) in [5, 5.41) is 8.84. The smallest absolute Gasteiger partial charge is 0.335 e. The van der Waals surface area contributed by atoms with Gasteiger partial charge in [-0.1, -0.05) is 19.3 Å². The lowest BCUT2D eigenvalue weighted by molar-refractivity contribution is 0.0697. The summed E-state index contributed by atoms with van der Waals surface area (Å²) in [5.74, 6) is 0.225. The minimum absolute atomic E-state index is 0.192. The molecular formula is C14H19NO3. The number of benzene rings is 1. The molecule has 0 aliphatic heterocycles. The van der Waals surface area contributed by atoms with E-state index in [1.165, 1.54) is 44.2 Å². The van der Waals surface area contributed by atoms with E-state index in [0.29, 0.717) is 24.0 Å². The first-order valence-electron chi connectivity index (χ1n) is 6.42. The van der Waals surface area contributed by atoms with Gasteiger partial charge in [0, 0.05) is 0 Å². The second-order valence-electron chi connectivity index (χ2n) is 4.87. The number of nitrogens with two attached hydrogens (primary N) is 1. The van der Waals surface area contributed by atoms with Crippen molar-refractivity contribution in [3.05, 3.63) is 23.8 Å². The maximum absolute atomic E-state index is 10.8. The van der Waals surface area contributed by atoms with Crippen LogP contribution in [-0.2, 0) is 0 Å². The van der Waals surface area contributed by atoms with E-state index in [9.17, 15) is 4.79 Å². The Balaban J connectivity index is 1.94. The van der Waals surface area contributed by atoms with Gasteiger partial charge in [-0.2, -0.15) is 0 Å². The Kier molecular flexibility index (Phi) is 4.07. The Morgan fingerprint density at radius 3 is 2.67 bits per heavy atom. The molecular weight excluding hydrogens is 230 g/mol. The van der Waals surface area contributed by atoms with Crippen LogP contribution in [0.3, 0.4) is 0 Å². The third-order valence-electron chi connectivity index (χ3n) is 3.46. The zero-order chi connectivity index (χ0) is 13.0. The summed E-state index contributed by atoms with van der Waals surface area (Å²) in [6, 6.07) is 4.61. The van der Waals surface area contributed by atoms with Crippen molar-refractivity contribution in [1.29, 1.82) is 0 Å². The number of aromatic carboxylic acids is 1. The molecule has 1 fully saturated rings. The maximum Gasteiger partial charge on any atom is 0.335 e. The van der Waals surface area contributed by atoms with Crippen LogP contribution >= 0.6 is 0 Å². The fourth-order valence-electron chi connectivity index (χ4n) is 2.37. The minimum atomic E-state index is -0.972. The Hall–Kier alpha value is -1.71. The lowest BCUT2D eigenvalue weighted by atomic mass is 9.90. The average molecular weight is 249 g/mol. The van der Waals surface area contributed by atoms with Crippen molar-refractivity contribution in [2.45, 2.75) is 32.1 Å². The van der Waals surface area contributed by atoms with E-state index >= 15 is 0 Å². The molecule has 0 spiro atoms. The molecule has 1 aliphatic rings. The fourth-order valence-corrected chi connectivity index (χ4v) is 2.37. The summed E-state index contributed by atoms with van der Waals surface area (Å²) in [6.45, 7) is 0.677. The molecule has 0 aromatic heterocycles. The number of nitrogen functional groups attached to an aromatic ring is 1.